The van der Waals surface area contributed by atoms with Crippen molar-refractivity contribution in [1.82, 2.24) is 0 Å². The van der Waals surface area contributed by atoms with Gasteiger partial charge >= 0.3 is 5.97 Å². The second-order valence-electron chi connectivity index (χ2n) is 6.40. The van der Waals surface area contributed by atoms with Crippen LogP contribution in [-0.4, -0.2) is 17.2 Å². The molecule has 0 amide bonds. The molecule has 134 valence electrons. The van der Waals surface area contributed by atoms with Crippen molar-refractivity contribution in [2.24, 2.45) is 0 Å². The van der Waals surface area contributed by atoms with E-state index in [4.69, 9.17) is 9.84 Å². The fourth-order valence-electron chi connectivity index (χ4n) is 2.87. The molecule has 0 radical (unpaired) electrons. The molecule has 1 atom stereocenters. The van der Waals surface area contributed by atoms with Crippen molar-refractivity contribution in [3.05, 3.63) is 54.1 Å². The first-order chi connectivity index (χ1) is 12.1. The first-order valence-corrected chi connectivity index (χ1v) is 9.24. The van der Waals surface area contributed by atoms with E-state index in [-0.39, 0.29) is 6.10 Å². The van der Waals surface area contributed by atoms with E-state index in [2.05, 4.69) is 13.8 Å². The predicted octanol–water partition coefficient (Wildman–Crippen LogP) is 6.18. The molecule has 0 bridgehead atoms. The maximum atomic E-state index is 10.9. The summed E-state index contributed by atoms with van der Waals surface area (Å²) in [7, 11) is 0. The molecule has 0 aromatic heterocycles. The highest BCUT2D eigenvalue weighted by molar-refractivity contribution is 5.88. The smallest absolute Gasteiger partial charge is 0.335 e. The Kier molecular flexibility index (Phi) is 7.52. The van der Waals surface area contributed by atoms with Crippen molar-refractivity contribution in [2.45, 2.75) is 58.5 Å². The summed E-state index contributed by atoms with van der Waals surface area (Å²) >= 11 is 0. The zero-order valence-corrected chi connectivity index (χ0v) is 15.2. The van der Waals surface area contributed by atoms with Gasteiger partial charge in [0.2, 0.25) is 0 Å². The number of carboxylic acids is 1. The van der Waals surface area contributed by atoms with Crippen molar-refractivity contribution in [2.75, 3.05) is 0 Å². The lowest BCUT2D eigenvalue weighted by atomic mass is 10.0. The van der Waals surface area contributed by atoms with Crippen molar-refractivity contribution in [3.8, 4) is 16.9 Å². The Morgan fingerprint density at radius 2 is 1.52 bits per heavy atom. The van der Waals surface area contributed by atoms with E-state index in [9.17, 15) is 4.79 Å². The molecule has 3 heteroatoms. The van der Waals surface area contributed by atoms with Crippen molar-refractivity contribution < 1.29 is 14.6 Å². The number of rotatable bonds is 10. The van der Waals surface area contributed by atoms with E-state index in [1.165, 1.54) is 25.7 Å². The SMILES string of the molecule is CCCCCCC(CC)Oc1ccc(-c2ccc(C(=O)O)cc2)cc1. The molecule has 0 aliphatic carbocycles. The van der Waals surface area contributed by atoms with Gasteiger partial charge in [0, 0.05) is 0 Å². The van der Waals surface area contributed by atoms with Crippen LogP contribution in [-0.2, 0) is 0 Å². The molecule has 25 heavy (non-hydrogen) atoms. The Hall–Kier alpha value is -2.29. The molecule has 0 aliphatic rings. The van der Waals surface area contributed by atoms with E-state index in [0.717, 1.165) is 29.7 Å². The maximum Gasteiger partial charge on any atom is 0.335 e. The summed E-state index contributed by atoms with van der Waals surface area (Å²) in [6, 6.07) is 15.0. The van der Waals surface area contributed by atoms with E-state index in [1.54, 1.807) is 12.1 Å². The zero-order valence-electron chi connectivity index (χ0n) is 15.2. The highest BCUT2D eigenvalue weighted by Crippen LogP contribution is 2.24. The minimum Gasteiger partial charge on any atom is -0.490 e. The fraction of sp³-hybridized carbons (Fsp3) is 0.409. The lowest BCUT2D eigenvalue weighted by Gasteiger charge is -2.18. The Morgan fingerprint density at radius 1 is 0.920 bits per heavy atom. The summed E-state index contributed by atoms with van der Waals surface area (Å²) < 4.78 is 6.11. The van der Waals surface area contributed by atoms with Crippen LogP contribution >= 0.6 is 0 Å². The molecule has 0 heterocycles. The third-order valence-corrected chi connectivity index (χ3v) is 4.46. The average Bonchev–Trinajstić information content (AvgIpc) is 2.65. The van der Waals surface area contributed by atoms with Crippen molar-refractivity contribution >= 4 is 5.97 Å². The molecule has 1 N–H and O–H groups in total. The van der Waals surface area contributed by atoms with Crippen LogP contribution in [0.15, 0.2) is 48.5 Å². The van der Waals surface area contributed by atoms with E-state index in [0.29, 0.717) is 5.56 Å². The number of benzene rings is 2. The van der Waals surface area contributed by atoms with Crippen LogP contribution < -0.4 is 4.74 Å². The number of carboxylic acid groups (broad SMARTS) is 1. The minimum atomic E-state index is -0.903. The highest BCUT2D eigenvalue weighted by Gasteiger charge is 2.08. The molecular formula is C22H28O3. The van der Waals surface area contributed by atoms with Gasteiger partial charge in [0.05, 0.1) is 11.7 Å². The normalized spacial score (nSPS) is 11.9. The quantitative estimate of drug-likeness (QED) is 0.525. The van der Waals surface area contributed by atoms with Crippen LogP contribution in [0.3, 0.4) is 0 Å². The molecule has 0 saturated carbocycles. The summed E-state index contributed by atoms with van der Waals surface area (Å²) in [5.74, 6) is -0.00640. The van der Waals surface area contributed by atoms with Crippen molar-refractivity contribution in [3.63, 3.8) is 0 Å². The monoisotopic (exact) mass is 340 g/mol. The molecule has 3 nitrogen and oxygen atoms in total. The van der Waals surface area contributed by atoms with Gasteiger partial charge in [0.15, 0.2) is 0 Å². The van der Waals surface area contributed by atoms with Crippen LogP contribution in [0.1, 0.15) is 62.7 Å². The van der Waals surface area contributed by atoms with Crippen LogP contribution in [0.25, 0.3) is 11.1 Å². The third kappa shape index (κ3) is 5.93. The number of unbranched alkanes of at least 4 members (excludes halogenated alkanes) is 3. The molecule has 1 unspecified atom stereocenters. The van der Waals surface area contributed by atoms with E-state index < -0.39 is 5.97 Å². The number of ether oxygens (including phenoxy) is 1. The van der Waals surface area contributed by atoms with Gasteiger partial charge in [-0.25, -0.2) is 4.79 Å². The van der Waals surface area contributed by atoms with Gasteiger partial charge in [0.25, 0.3) is 0 Å². The average molecular weight is 340 g/mol. The van der Waals surface area contributed by atoms with E-state index >= 15 is 0 Å². The highest BCUT2D eigenvalue weighted by atomic mass is 16.5. The molecular weight excluding hydrogens is 312 g/mol. The summed E-state index contributed by atoms with van der Waals surface area (Å²) in [5, 5.41) is 8.96. The summed E-state index contributed by atoms with van der Waals surface area (Å²) in [4.78, 5) is 10.9. The first kappa shape index (κ1) is 19.0. The standard InChI is InChI=1S/C22H28O3/c1-3-5-6-7-8-20(4-2)25-21-15-13-18(14-16-21)17-9-11-19(12-10-17)22(23)24/h9-16,20H,3-8H2,1-2H3,(H,23,24). The molecule has 0 fully saturated rings. The Balaban J connectivity index is 1.95. The lowest BCUT2D eigenvalue weighted by molar-refractivity contribution is 0.0697. The van der Waals surface area contributed by atoms with Gasteiger partial charge < -0.3 is 9.84 Å². The van der Waals surface area contributed by atoms with Gasteiger partial charge in [-0.05, 0) is 54.7 Å². The largest absolute Gasteiger partial charge is 0.490 e. The van der Waals surface area contributed by atoms with Gasteiger partial charge in [0.1, 0.15) is 5.75 Å². The fourth-order valence-corrected chi connectivity index (χ4v) is 2.87. The Labute approximate surface area is 150 Å². The van der Waals surface area contributed by atoms with Gasteiger partial charge in [-0.2, -0.15) is 0 Å². The molecule has 0 saturated heterocycles. The predicted molar refractivity (Wildman–Crippen MR) is 102 cm³/mol. The maximum absolute atomic E-state index is 10.9. The second kappa shape index (κ2) is 9.87. The van der Waals surface area contributed by atoms with E-state index in [1.807, 2.05) is 36.4 Å². The van der Waals surface area contributed by atoms with Crippen LogP contribution in [0.2, 0.25) is 0 Å². The summed E-state index contributed by atoms with van der Waals surface area (Å²) in [6.07, 6.45) is 7.46. The van der Waals surface area contributed by atoms with Gasteiger partial charge in [-0.1, -0.05) is 57.4 Å². The summed E-state index contributed by atoms with van der Waals surface area (Å²) in [5.41, 5.74) is 2.36. The second-order valence-corrected chi connectivity index (χ2v) is 6.40. The Bertz CT molecular complexity index is 644. The molecule has 2 rings (SSSR count). The molecule has 0 aliphatic heterocycles. The van der Waals surface area contributed by atoms with Gasteiger partial charge in [-0.3, -0.25) is 0 Å². The van der Waals surface area contributed by atoms with Crippen molar-refractivity contribution in [1.29, 1.82) is 0 Å². The zero-order chi connectivity index (χ0) is 18.1. The molecule has 0 spiro atoms. The number of carbonyl (C=O) groups is 1. The summed E-state index contributed by atoms with van der Waals surface area (Å²) in [6.45, 7) is 4.40. The topological polar surface area (TPSA) is 46.5 Å². The van der Waals surface area contributed by atoms with Crippen LogP contribution in [0.5, 0.6) is 5.75 Å². The number of hydrogen-bond donors (Lipinski definition) is 1. The Morgan fingerprint density at radius 3 is 2.04 bits per heavy atom. The molecule has 2 aromatic carbocycles. The van der Waals surface area contributed by atoms with Crippen LogP contribution in [0, 0.1) is 0 Å². The van der Waals surface area contributed by atoms with Gasteiger partial charge in [-0.15, -0.1) is 0 Å². The lowest BCUT2D eigenvalue weighted by Crippen LogP contribution is -2.15. The number of aromatic carboxylic acids is 1. The minimum absolute atomic E-state index is 0.276. The third-order valence-electron chi connectivity index (χ3n) is 4.46. The van der Waals surface area contributed by atoms with Crippen LogP contribution in [0.4, 0.5) is 0 Å². The number of hydrogen-bond acceptors (Lipinski definition) is 2. The molecule has 2 aromatic rings. The first-order valence-electron chi connectivity index (χ1n) is 9.24.